The number of thiazole rings is 1. The van der Waals surface area contributed by atoms with Gasteiger partial charge in [0.1, 0.15) is 0 Å². The fourth-order valence-corrected chi connectivity index (χ4v) is 3.75. The first-order valence-corrected chi connectivity index (χ1v) is 8.33. The third kappa shape index (κ3) is 2.84. The van der Waals surface area contributed by atoms with Crippen molar-refractivity contribution in [3.05, 3.63) is 16.0 Å². The van der Waals surface area contributed by atoms with Crippen LogP contribution in [0.2, 0.25) is 0 Å². The monoisotopic (exact) mass is 309 g/mol. The van der Waals surface area contributed by atoms with Crippen LogP contribution in [0.15, 0.2) is 6.20 Å². The molecule has 0 unspecified atom stereocenters. The summed E-state index contributed by atoms with van der Waals surface area (Å²) < 4.78 is 2.68. The number of rotatable bonds is 5. The number of aromatic nitrogens is 4. The zero-order valence-electron chi connectivity index (χ0n) is 11.6. The van der Waals surface area contributed by atoms with Crippen LogP contribution in [0.5, 0.6) is 0 Å². The van der Waals surface area contributed by atoms with Gasteiger partial charge < -0.3 is 4.90 Å². The predicted octanol–water partition coefficient (Wildman–Crippen LogP) is 2.72. The smallest absolute Gasteiger partial charge is 0.195 e. The molecule has 0 aliphatic carbocycles. The number of aromatic amines is 1. The number of H-pyrrole nitrogens is 1. The van der Waals surface area contributed by atoms with Crippen molar-refractivity contribution in [3.63, 3.8) is 0 Å². The first-order valence-electron chi connectivity index (χ1n) is 7.10. The fraction of sp³-hybridized carbons (Fsp3) is 0.615. The SMILES string of the molecule is CCn1c(-c2cnc(CCN3CCCC3)s2)n[nH]c1=S. The van der Waals surface area contributed by atoms with E-state index in [0.29, 0.717) is 4.77 Å². The fourth-order valence-electron chi connectivity index (χ4n) is 2.59. The van der Waals surface area contributed by atoms with Crippen LogP contribution in [-0.4, -0.2) is 44.3 Å². The van der Waals surface area contributed by atoms with E-state index < -0.39 is 0 Å². The number of nitrogens with one attached hydrogen (secondary N) is 1. The topological polar surface area (TPSA) is 49.7 Å². The molecule has 1 aliphatic heterocycles. The van der Waals surface area contributed by atoms with Crippen LogP contribution in [0.1, 0.15) is 24.8 Å². The maximum atomic E-state index is 5.23. The highest BCUT2D eigenvalue weighted by atomic mass is 32.1. The molecule has 0 amide bonds. The highest BCUT2D eigenvalue weighted by Crippen LogP contribution is 2.25. The van der Waals surface area contributed by atoms with E-state index in [1.165, 1.54) is 30.9 Å². The lowest BCUT2D eigenvalue weighted by Crippen LogP contribution is -2.21. The molecule has 1 N–H and O–H groups in total. The molecule has 7 heteroatoms. The van der Waals surface area contributed by atoms with E-state index in [1.807, 2.05) is 10.8 Å². The van der Waals surface area contributed by atoms with Gasteiger partial charge in [0.05, 0.1) is 9.88 Å². The number of hydrogen-bond acceptors (Lipinski definition) is 5. The van der Waals surface area contributed by atoms with Crippen LogP contribution in [0.3, 0.4) is 0 Å². The van der Waals surface area contributed by atoms with Crippen molar-refractivity contribution >= 4 is 23.6 Å². The summed E-state index contributed by atoms with van der Waals surface area (Å²) >= 11 is 6.95. The molecule has 0 atom stereocenters. The molecule has 5 nitrogen and oxygen atoms in total. The Balaban J connectivity index is 1.71. The molecule has 1 fully saturated rings. The summed E-state index contributed by atoms with van der Waals surface area (Å²) in [5, 5.41) is 8.36. The maximum Gasteiger partial charge on any atom is 0.195 e. The maximum absolute atomic E-state index is 5.23. The van der Waals surface area contributed by atoms with Gasteiger partial charge in [-0.25, -0.2) is 4.98 Å². The zero-order valence-corrected chi connectivity index (χ0v) is 13.3. The Hall–Kier alpha value is -1.05. The van der Waals surface area contributed by atoms with E-state index >= 15 is 0 Å². The minimum Gasteiger partial charge on any atom is -0.303 e. The Morgan fingerprint density at radius 2 is 2.20 bits per heavy atom. The molecule has 3 heterocycles. The van der Waals surface area contributed by atoms with Crippen molar-refractivity contribution in [3.8, 4) is 10.7 Å². The Morgan fingerprint density at radius 1 is 1.40 bits per heavy atom. The summed E-state index contributed by atoms with van der Waals surface area (Å²) in [6.07, 6.45) is 5.63. The van der Waals surface area contributed by atoms with Crippen molar-refractivity contribution in [1.82, 2.24) is 24.6 Å². The van der Waals surface area contributed by atoms with E-state index in [1.54, 1.807) is 11.3 Å². The van der Waals surface area contributed by atoms with Crippen LogP contribution < -0.4 is 0 Å². The molecule has 2 aromatic heterocycles. The predicted molar refractivity (Wildman–Crippen MR) is 83.6 cm³/mol. The third-order valence-corrected chi connectivity index (χ3v) is 5.05. The highest BCUT2D eigenvalue weighted by Gasteiger charge is 2.14. The van der Waals surface area contributed by atoms with Gasteiger partial charge in [0.25, 0.3) is 0 Å². The third-order valence-electron chi connectivity index (χ3n) is 3.69. The minimum absolute atomic E-state index is 0.675. The second-order valence-corrected chi connectivity index (χ2v) is 6.52. The molecular weight excluding hydrogens is 290 g/mol. The summed E-state index contributed by atoms with van der Waals surface area (Å²) in [6.45, 7) is 6.50. The van der Waals surface area contributed by atoms with Gasteiger partial charge in [-0.05, 0) is 45.1 Å². The second kappa shape index (κ2) is 6.15. The minimum atomic E-state index is 0.675. The molecule has 0 saturated carbocycles. The average molecular weight is 309 g/mol. The Labute approximate surface area is 127 Å². The van der Waals surface area contributed by atoms with Crippen molar-refractivity contribution in [2.75, 3.05) is 19.6 Å². The molecule has 108 valence electrons. The van der Waals surface area contributed by atoms with E-state index in [9.17, 15) is 0 Å². The Morgan fingerprint density at radius 3 is 2.95 bits per heavy atom. The molecule has 3 rings (SSSR count). The van der Waals surface area contributed by atoms with Gasteiger partial charge in [-0.1, -0.05) is 0 Å². The van der Waals surface area contributed by atoms with Crippen LogP contribution in [0, 0.1) is 4.77 Å². The normalized spacial score (nSPS) is 16.1. The van der Waals surface area contributed by atoms with Crippen LogP contribution in [0.25, 0.3) is 10.7 Å². The van der Waals surface area contributed by atoms with Gasteiger partial charge in [-0.2, -0.15) is 5.10 Å². The first kappa shape index (κ1) is 13.9. The standard InChI is InChI=1S/C13H19N5S2/c1-2-18-12(15-16-13(18)19)10-9-14-11(20-10)5-8-17-6-3-4-7-17/h9H,2-8H2,1H3,(H,16,19). The van der Waals surface area contributed by atoms with Crippen molar-refractivity contribution in [2.24, 2.45) is 0 Å². The lowest BCUT2D eigenvalue weighted by molar-refractivity contribution is 0.343. The second-order valence-electron chi connectivity index (χ2n) is 5.01. The Bertz CT molecular complexity index is 621. The summed E-state index contributed by atoms with van der Waals surface area (Å²) in [6, 6.07) is 0. The number of hydrogen-bond donors (Lipinski definition) is 1. The zero-order chi connectivity index (χ0) is 13.9. The quantitative estimate of drug-likeness (QED) is 0.863. The number of likely N-dealkylation sites (tertiary alicyclic amines) is 1. The van der Waals surface area contributed by atoms with E-state index in [4.69, 9.17) is 12.2 Å². The molecule has 20 heavy (non-hydrogen) atoms. The molecule has 1 saturated heterocycles. The summed E-state index contributed by atoms with van der Waals surface area (Å²) in [7, 11) is 0. The average Bonchev–Trinajstić information content (AvgIpc) is 3.16. The molecule has 2 aromatic rings. The van der Waals surface area contributed by atoms with E-state index in [-0.39, 0.29) is 0 Å². The number of nitrogens with zero attached hydrogens (tertiary/aromatic N) is 4. The van der Waals surface area contributed by atoms with Crippen molar-refractivity contribution < 1.29 is 0 Å². The first-order chi connectivity index (χ1) is 9.78. The van der Waals surface area contributed by atoms with Crippen molar-refractivity contribution in [1.29, 1.82) is 0 Å². The van der Waals surface area contributed by atoms with Gasteiger partial charge >= 0.3 is 0 Å². The largest absolute Gasteiger partial charge is 0.303 e. The summed E-state index contributed by atoms with van der Waals surface area (Å²) in [5.74, 6) is 0.905. The summed E-state index contributed by atoms with van der Waals surface area (Å²) in [5.41, 5.74) is 0. The van der Waals surface area contributed by atoms with E-state index in [2.05, 4.69) is 27.0 Å². The molecule has 0 aromatic carbocycles. The van der Waals surface area contributed by atoms with Gasteiger partial charge in [-0.15, -0.1) is 11.3 Å². The van der Waals surface area contributed by atoms with Gasteiger partial charge in [0.15, 0.2) is 10.6 Å². The molecular formula is C13H19N5S2. The van der Waals surface area contributed by atoms with Gasteiger partial charge in [-0.3, -0.25) is 9.67 Å². The van der Waals surface area contributed by atoms with Crippen molar-refractivity contribution in [2.45, 2.75) is 32.7 Å². The van der Waals surface area contributed by atoms with Crippen LogP contribution in [-0.2, 0) is 13.0 Å². The molecule has 1 aliphatic rings. The van der Waals surface area contributed by atoms with Gasteiger partial charge in [0, 0.05) is 25.7 Å². The lowest BCUT2D eigenvalue weighted by atomic mass is 10.4. The van der Waals surface area contributed by atoms with Gasteiger partial charge in [0.2, 0.25) is 0 Å². The molecule has 0 radical (unpaired) electrons. The molecule has 0 spiro atoms. The Kier molecular flexibility index (Phi) is 4.28. The highest BCUT2D eigenvalue weighted by molar-refractivity contribution is 7.71. The lowest BCUT2D eigenvalue weighted by Gasteiger charge is -2.12. The van der Waals surface area contributed by atoms with Crippen LogP contribution in [0.4, 0.5) is 0 Å². The van der Waals surface area contributed by atoms with E-state index in [0.717, 1.165) is 30.2 Å². The molecule has 0 bridgehead atoms. The summed E-state index contributed by atoms with van der Waals surface area (Å²) in [4.78, 5) is 8.14. The van der Waals surface area contributed by atoms with Crippen LogP contribution >= 0.6 is 23.6 Å².